The van der Waals surface area contributed by atoms with Crippen molar-refractivity contribution in [3.05, 3.63) is 21.3 Å². The number of thiophene rings is 1. The maximum atomic E-state index is 9.83. The molecule has 0 saturated carbocycles. The molecular formula is C9H15ClN2OS. The Bertz CT molecular complexity index is 280. The number of aliphatic hydroxyl groups excluding tert-OH is 1. The van der Waals surface area contributed by atoms with Crippen LogP contribution < -0.4 is 11.1 Å². The van der Waals surface area contributed by atoms with Gasteiger partial charge in [0.05, 0.1) is 4.34 Å². The Hall–Kier alpha value is -0.130. The Morgan fingerprint density at radius 2 is 2.36 bits per heavy atom. The molecule has 0 amide bonds. The summed E-state index contributed by atoms with van der Waals surface area (Å²) in [7, 11) is 1.86. The minimum absolute atomic E-state index is 0.239. The van der Waals surface area contributed by atoms with Crippen molar-refractivity contribution >= 4 is 22.9 Å². The zero-order chi connectivity index (χ0) is 10.6. The number of aliphatic hydroxyl groups is 1. The van der Waals surface area contributed by atoms with Gasteiger partial charge in [0.25, 0.3) is 0 Å². The lowest BCUT2D eigenvalue weighted by atomic mass is 10.1. The highest BCUT2D eigenvalue weighted by Crippen LogP contribution is 2.28. The van der Waals surface area contributed by atoms with Gasteiger partial charge in [-0.2, -0.15) is 0 Å². The molecule has 1 aromatic rings. The molecule has 80 valence electrons. The molecule has 0 saturated heterocycles. The predicted molar refractivity (Wildman–Crippen MR) is 60.8 cm³/mol. The molecule has 0 radical (unpaired) electrons. The van der Waals surface area contributed by atoms with Gasteiger partial charge in [-0.15, -0.1) is 11.3 Å². The van der Waals surface area contributed by atoms with Crippen LogP contribution in [0.2, 0.25) is 4.34 Å². The van der Waals surface area contributed by atoms with Crippen LogP contribution in [0.3, 0.4) is 0 Å². The molecule has 1 aromatic heterocycles. The summed E-state index contributed by atoms with van der Waals surface area (Å²) in [6.07, 6.45) is 0.133. The molecule has 3 nitrogen and oxygen atoms in total. The van der Waals surface area contributed by atoms with E-state index in [-0.39, 0.29) is 6.04 Å². The number of nitrogens with one attached hydrogen (secondary N) is 1. The first kappa shape index (κ1) is 11.9. The van der Waals surface area contributed by atoms with E-state index in [0.29, 0.717) is 4.34 Å². The first-order valence-corrected chi connectivity index (χ1v) is 5.68. The van der Waals surface area contributed by atoms with Gasteiger partial charge in [0, 0.05) is 10.9 Å². The molecule has 5 heteroatoms. The summed E-state index contributed by atoms with van der Waals surface area (Å²) < 4.78 is 0.680. The largest absolute Gasteiger partial charge is 0.386 e. The van der Waals surface area contributed by atoms with Crippen molar-refractivity contribution in [3.8, 4) is 0 Å². The molecule has 2 atom stereocenters. The van der Waals surface area contributed by atoms with Crippen LogP contribution in [0.15, 0.2) is 12.1 Å². The lowest BCUT2D eigenvalue weighted by molar-refractivity contribution is 0.146. The third-order valence-electron chi connectivity index (χ3n) is 2.02. The molecule has 0 spiro atoms. The van der Waals surface area contributed by atoms with E-state index < -0.39 is 6.10 Å². The average Bonchev–Trinajstić information content (AvgIpc) is 2.60. The van der Waals surface area contributed by atoms with Gasteiger partial charge in [-0.05, 0) is 32.1 Å². The van der Waals surface area contributed by atoms with E-state index in [4.69, 9.17) is 17.3 Å². The molecular weight excluding hydrogens is 220 g/mol. The molecule has 0 aliphatic rings. The highest BCUT2D eigenvalue weighted by molar-refractivity contribution is 7.16. The van der Waals surface area contributed by atoms with E-state index in [1.807, 2.05) is 13.1 Å². The van der Waals surface area contributed by atoms with Crippen LogP contribution in [0.4, 0.5) is 0 Å². The average molecular weight is 235 g/mol. The van der Waals surface area contributed by atoms with Crippen LogP contribution in [0, 0.1) is 0 Å². The fourth-order valence-electron chi connectivity index (χ4n) is 1.17. The monoisotopic (exact) mass is 234 g/mol. The number of halogens is 1. The van der Waals surface area contributed by atoms with Crippen LogP contribution in [0.5, 0.6) is 0 Å². The van der Waals surface area contributed by atoms with Crippen LogP contribution in [-0.2, 0) is 0 Å². The molecule has 0 aliphatic heterocycles. The van der Waals surface area contributed by atoms with Crippen molar-refractivity contribution < 1.29 is 5.11 Å². The molecule has 4 N–H and O–H groups in total. The van der Waals surface area contributed by atoms with Gasteiger partial charge in [-0.3, -0.25) is 0 Å². The van der Waals surface area contributed by atoms with Crippen LogP contribution in [0.1, 0.15) is 17.4 Å². The van der Waals surface area contributed by atoms with E-state index in [2.05, 4.69) is 5.32 Å². The Morgan fingerprint density at radius 1 is 1.64 bits per heavy atom. The van der Waals surface area contributed by atoms with Crippen LogP contribution >= 0.6 is 22.9 Å². The number of rotatable bonds is 5. The molecule has 1 rings (SSSR count). The van der Waals surface area contributed by atoms with E-state index in [1.165, 1.54) is 11.3 Å². The van der Waals surface area contributed by atoms with Crippen LogP contribution in [0.25, 0.3) is 0 Å². The quantitative estimate of drug-likeness (QED) is 0.722. The van der Waals surface area contributed by atoms with E-state index >= 15 is 0 Å². The number of hydrogen-bond acceptors (Lipinski definition) is 4. The van der Waals surface area contributed by atoms with E-state index in [1.54, 1.807) is 6.07 Å². The van der Waals surface area contributed by atoms with Gasteiger partial charge in [-0.25, -0.2) is 0 Å². The maximum absolute atomic E-state index is 9.83. The lowest BCUT2D eigenvalue weighted by Gasteiger charge is -2.17. The normalized spacial score (nSPS) is 15.4. The molecule has 14 heavy (non-hydrogen) atoms. The Balaban J connectivity index is 2.51. The second kappa shape index (κ2) is 5.68. The molecule has 2 unspecified atom stereocenters. The summed E-state index contributed by atoms with van der Waals surface area (Å²) in [4.78, 5) is 0.832. The van der Waals surface area contributed by atoms with Gasteiger partial charge in [-0.1, -0.05) is 11.6 Å². The zero-order valence-electron chi connectivity index (χ0n) is 8.03. The third-order valence-corrected chi connectivity index (χ3v) is 3.32. The van der Waals surface area contributed by atoms with Crippen molar-refractivity contribution in [1.82, 2.24) is 5.32 Å². The predicted octanol–water partition coefficient (Wildman–Crippen LogP) is 1.37. The van der Waals surface area contributed by atoms with Crippen LogP contribution in [-0.4, -0.2) is 24.7 Å². The molecule has 0 aromatic carbocycles. The van der Waals surface area contributed by atoms with Gasteiger partial charge in [0.2, 0.25) is 0 Å². The van der Waals surface area contributed by atoms with Crippen molar-refractivity contribution in [1.29, 1.82) is 0 Å². The second-order valence-electron chi connectivity index (χ2n) is 3.14. The molecule has 0 bridgehead atoms. The fourth-order valence-corrected chi connectivity index (χ4v) is 2.29. The minimum Gasteiger partial charge on any atom is -0.386 e. The summed E-state index contributed by atoms with van der Waals surface area (Å²) >= 11 is 7.14. The van der Waals surface area contributed by atoms with E-state index in [0.717, 1.165) is 17.8 Å². The van der Waals surface area contributed by atoms with Gasteiger partial charge >= 0.3 is 0 Å². The Labute approximate surface area is 92.9 Å². The van der Waals surface area contributed by atoms with Crippen molar-refractivity contribution in [2.45, 2.75) is 18.6 Å². The van der Waals surface area contributed by atoms with Crippen molar-refractivity contribution in [2.75, 3.05) is 13.6 Å². The lowest BCUT2D eigenvalue weighted by Crippen LogP contribution is -2.31. The van der Waals surface area contributed by atoms with Crippen molar-refractivity contribution in [2.24, 2.45) is 5.73 Å². The van der Waals surface area contributed by atoms with Gasteiger partial charge in [0.1, 0.15) is 6.10 Å². The minimum atomic E-state index is -0.610. The highest BCUT2D eigenvalue weighted by Gasteiger charge is 2.17. The SMILES string of the molecule is CNCCC(N)C(O)c1ccc(Cl)s1. The number of hydrogen-bond donors (Lipinski definition) is 3. The molecule has 0 fully saturated rings. The first-order chi connectivity index (χ1) is 6.65. The standard InChI is InChI=1S/C9H15ClN2OS/c1-12-5-4-6(11)9(13)7-2-3-8(10)14-7/h2-3,6,9,12-13H,4-5,11H2,1H3. The Morgan fingerprint density at radius 3 is 2.86 bits per heavy atom. The molecule has 1 heterocycles. The summed E-state index contributed by atoms with van der Waals surface area (Å²) in [5.74, 6) is 0. The fraction of sp³-hybridized carbons (Fsp3) is 0.556. The summed E-state index contributed by atoms with van der Waals surface area (Å²) in [6.45, 7) is 0.803. The summed E-state index contributed by atoms with van der Waals surface area (Å²) in [6, 6.07) is 3.35. The van der Waals surface area contributed by atoms with Crippen molar-refractivity contribution in [3.63, 3.8) is 0 Å². The van der Waals surface area contributed by atoms with Gasteiger partial charge in [0.15, 0.2) is 0 Å². The molecule has 0 aliphatic carbocycles. The zero-order valence-corrected chi connectivity index (χ0v) is 9.61. The first-order valence-electron chi connectivity index (χ1n) is 4.48. The summed E-state index contributed by atoms with van der Waals surface area (Å²) in [5, 5.41) is 12.8. The third kappa shape index (κ3) is 3.22. The highest BCUT2D eigenvalue weighted by atomic mass is 35.5. The smallest absolute Gasteiger partial charge is 0.103 e. The Kier molecular flexibility index (Phi) is 4.84. The summed E-state index contributed by atoms with van der Waals surface area (Å²) in [5.41, 5.74) is 5.82. The number of nitrogens with two attached hydrogens (primary N) is 1. The second-order valence-corrected chi connectivity index (χ2v) is 4.89. The van der Waals surface area contributed by atoms with Gasteiger partial charge < -0.3 is 16.2 Å². The van der Waals surface area contributed by atoms with E-state index in [9.17, 15) is 5.11 Å². The maximum Gasteiger partial charge on any atom is 0.103 e. The topological polar surface area (TPSA) is 58.3 Å².